The summed E-state index contributed by atoms with van der Waals surface area (Å²) in [6.45, 7) is 10.5. The van der Waals surface area contributed by atoms with E-state index in [0.717, 1.165) is 16.5 Å². The zero-order valence-corrected chi connectivity index (χ0v) is 22.6. The number of nitrogens with one attached hydrogen (secondary N) is 3. The van der Waals surface area contributed by atoms with Crippen molar-refractivity contribution >= 4 is 28.7 Å². The van der Waals surface area contributed by atoms with Gasteiger partial charge in [-0.15, -0.1) is 0 Å². The Morgan fingerprint density at radius 1 is 1.03 bits per heavy atom. The molecule has 0 radical (unpaired) electrons. The van der Waals surface area contributed by atoms with Gasteiger partial charge < -0.3 is 25.0 Å². The molecule has 1 heterocycles. The molecule has 11 heteroatoms. The Bertz CT molecular complexity index is 1020. The molecule has 2 rings (SSSR count). The molecule has 0 spiro atoms. The van der Waals surface area contributed by atoms with Crippen LogP contribution in [0.4, 0.5) is 4.79 Å². The number of likely N-dealkylation sites (N-methyl/N-ethyl adjacent to an activating group) is 1. The third kappa shape index (κ3) is 8.96. The van der Waals surface area contributed by atoms with E-state index in [1.165, 1.54) is 5.01 Å². The van der Waals surface area contributed by atoms with Gasteiger partial charge in [-0.25, -0.2) is 9.80 Å². The van der Waals surface area contributed by atoms with Crippen LogP contribution >= 0.6 is 0 Å². The smallest absolute Gasteiger partial charge is 0.329 e. The fraction of sp³-hybridized carbons (Fsp3) is 0.538. The monoisotopic (exact) mass is 516 g/mol. The number of rotatable bonds is 14. The summed E-state index contributed by atoms with van der Waals surface area (Å²) in [5, 5.41) is 7.64. The Labute approximate surface area is 218 Å². The molecule has 0 aliphatic carbocycles. The van der Waals surface area contributed by atoms with Gasteiger partial charge in [0.1, 0.15) is 6.04 Å². The Hall–Kier alpha value is -3.28. The van der Waals surface area contributed by atoms with E-state index in [4.69, 9.17) is 9.47 Å². The fourth-order valence-corrected chi connectivity index (χ4v) is 3.93. The van der Waals surface area contributed by atoms with Crippen LogP contribution in [0.5, 0.6) is 0 Å². The predicted molar refractivity (Wildman–Crippen MR) is 141 cm³/mol. The molecule has 0 saturated heterocycles. The van der Waals surface area contributed by atoms with E-state index in [-0.39, 0.29) is 19.0 Å². The van der Waals surface area contributed by atoms with Crippen molar-refractivity contribution in [3.63, 3.8) is 0 Å². The van der Waals surface area contributed by atoms with Gasteiger partial charge in [0.15, 0.2) is 6.29 Å². The number of carbonyl (C=O) groups is 3. The second-order valence-corrected chi connectivity index (χ2v) is 8.59. The molecule has 0 aliphatic rings. The third-order valence-electron chi connectivity index (χ3n) is 5.65. The van der Waals surface area contributed by atoms with E-state index in [9.17, 15) is 14.4 Å². The molecule has 204 valence electrons. The molecule has 4 amide bonds. The van der Waals surface area contributed by atoms with Crippen molar-refractivity contribution in [2.45, 2.75) is 59.5 Å². The first-order valence-electron chi connectivity index (χ1n) is 12.6. The summed E-state index contributed by atoms with van der Waals surface area (Å²) in [6, 6.07) is 7.98. The van der Waals surface area contributed by atoms with Gasteiger partial charge in [-0.2, -0.15) is 0 Å². The van der Waals surface area contributed by atoms with E-state index in [1.807, 2.05) is 51.1 Å². The first-order chi connectivity index (χ1) is 17.7. The van der Waals surface area contributed by atoms with Crippen molar-refractivity contribution in [1.82, 2.24) is 31.0 Å². The third-order valence-corrected chi connectivity index (χ3v) is 5.65. The lowest BCUT2D eigenvalue weighted by atomic mass is 10.1. The molecule has 0 saturated carbocycles. The van der Waals surface area contributed by atoms with Gasteiger partial charge in [-0.05, 0) is 46.2 Å². The van der Waals surface area contributed by atoms with Crippen LogP contribution in [-0.2, 0) is 25.6 Å². The highest BCUT2D eigenvalue weighted by atomic mass is 16.7. The quantitative estimate of drug-likeness (QED) is 0.259. The lowest BCUT2D eigenvalue weighted by Gasteiger charge is -2.36. The van der Waals surface area contributed by atoms with Crippen LogP contribution in [0, 0.1) is 0 Å². The molecule has 1 aromatic heterocycles. The van der Waals surface area contributed by atoms with Crippen LogP contribution < -0.4 is 16.1 Å². The highest BCUT2D eigenvalue weighted by Crippen LogP contribution is 2.21. The molecular weight excluding hydrogens is 476 g/mol. The minimum atomic E-state index is -0.834. The number of para-hydroxylation sites is 1. The molecule has 0 aliphatic heterocycles. The number of aromatic nitrogens is 1. The number of benzene rings is 1. The number of carbonyl (C=O) groups excluding carboxylic acids is 3. The largest absolute Gasteiger partial charge is 0.351 e. The van der Waals surface area contributed by atoms with E-state index in [1.54, 1.807) is 32.0 Å². The van der Waals surface area contributed by atoms with Crippen LogP contribution in [0.1, 0.15) is 40.2 Å². The molecular formula is C26H40N6O5. The maximum absolute atomic E-state index is 13.7. The molecule has 0 bridgehead atoms. The van der Waals surface area contributed by atoms with Gasteiger partial charge in [-0.3, -0.25) is 20.0 Å². The van der Waals surface area contributed by atoms with E-state index >= 15 is 0 Å². The summed E-state index contributed by atoms with van der Waals surface area (Å²) in [5.41, 5.74) is 4.20. The number of ether oxygens (including phenoxy) is 2. The van der Waals surface area contributed by atoms with Gasteiger partial charge in [0, 0.05) is 44.9 Å². The van der Waals surface area contributed by atoms with Gasteiger partial charge >= 0.3 is 6.03 Å². The Morgan fingerprint density at radius 3 is 2.35 bits per heavy atom. The van der Waals surface area contributed by atoms with Crippen LogP contribution in [0.25, 0.3) is 10.9 Å². The summed E-state index contributed by atoms with van der Waals surface area (Å²) in [6.07, 6.45) is 1.08. The number of fused-ring (bicyclic) bond motifs is 1. The van der Waals surface area contributed by atoms with E-state index in [2.05, 4.69) is 21.0 Å². The first-order valence-corrected chi connectivity index (χ1v) is 12.6. The van der Waals surface area contributed by atoms with Crippen molar-refractivity contribution in [2.24, 2.45) is 0 Å². The lowest BCUT2D eigenvalue weighted by molar-refractivity contribution is -0.179. The second-order valence-electron chi connectivity index (χ2n) is 8.59. The first kappa shape index (κ1) is 29.9. The fourth-order valence-electron chi connectivity index (χ4n) is 3.93. The summed E-state index contributed by atoms with van der Waals surface area (Å²) in [7, 11) is 1.57. The summed E-state index contributed by atoms with van der Waals surface area (Å²) in [5.74, 6) is -0.705. The number of urea groups is 1. The topological polar surface area (TPSA) is 125 Å². The molecule has 1 aromatic carbocycles. The number of nitrogens with zero attached hydrogens (tertiary/aromatic N) is 3. The summed E-state index contributed by atoms with van der Waals surface area (Å²) in [4.78, 5) is 44.2. The SMILES string of the molecule is CCNC(=O)NN(C)CC(=O)NC(C)C(=O)N(Cc1cccc2cccnc12)C(C)C(OCC)OCC. The molecule has 11 nitrogen and oxygen atoms in total. The highest BCUT2D eigenvalue weighted by molar-refractivity contribution is 5.89. The van der Waals surface area contributed by atoms with Gasteiger partial charge in [0.2, 0.25) is 11.8 Å². The second kappa shape index (κ2) is 15.1. The minimum Gasteiger partial charge on any atom is -0.351 e. The van der Waals surface area contributed by atoms with Gasteiger partial charge in [-0.1, -0.05) is 24.3 Å². The Kier molecular flexibility index (Phi) is 12.2. The molecule has 2 atom stereocenters. The number of hydrazine groups is 1. The Balaban J connectivity index is 2.23. The zero-order valence-electron chi connectivity index (χ0n) is 22.6. The average Bonchev–Trinajstić information content (AvgIpc) is 2.86. The number of pyridine rings is 1. The van der Waals surface area contributed by atoms with Crippen LogP contribution in [0.2, 0.25) is 0 Å². The van der Waals surface area contributed by atoms with Crippen molar-refractivity contribution < 1.29 is 23.9 Å². The number of amides is 4. The molecule has 3 N–H and O–H groups in total. The minimum absolute atomic E-state index is 0.127. The number of hydrogen-bond acceptors (Lipinski definition) is 7. The molecule has 37 heavy (non-hydrogen) atoms. The van der Waals surface area contributed by atoms with Crippen molar-refractivity contribution in [3.05, 3.63) is 42.1 Å². The van der Waals surface area contributed by atoms with Crippen molar-refractivity contribution in [2.75, 3.05) is 33.4 Å². The summed E-state index contributed by atoms with van der Waals surface area (Å²) >= 11 is 0. The standard InChI is InChI=1S/C26H40N6O5/c1-7-27-26(35)30-31(6)17-22(33)29-18(4)24(34)32(19(5)25(36-8-2)37-9-3)16-21-13-10-12-20-14-11-15-28-23(20)21/h10-15,18-19,25H,7-9,16-17H2,1-6H3,(H,29,33)(H2,27,30,35). The normalized spacial score (nSPS) is 12.9. The van der Waals surface area contributed by atoms with Crippen LogP contribution in [0.3, 0.4) is 0 Å². The maximum Gasteiger partial charge on any atom is 0.329 e. The molecule has 2 unspecified atom stereocenters. The van der Waals surface area contributed by atoms with E-state index in [0.29, 0.717) is 19.8 Å². The van der Waals surface area contributed by atoms with Gasteiger partial charge in [0.05, 0.1) is 18.1 Å². The van der Waals surface area contributed by atoms with Crippen LogP contribution in [0.15, 0.2) is 36.5 Å². The predicted octanol–water partition coefficient (Wildman–Crippen LogP) is 2.02. The highest BCUT2D eigenvalue weighted by Gasteiger charge is 2.32. The average molecular weight is 517 g/mol. The van der Waals surface area contributed by atoms with Crippen LogP contribution in [-0.4, -0.2) is 84.5 Å². The summed E-state index contributed by atoms with van der Waals surface area (Å²) < 4.78 is 11.6. The Morgan fingerprint density at radius 2 is 1.70 bits per heavy atom. The molecule has 0 fully saturated rings. The maximum atomic E-state index is 13.7. The van der Waals surface area contributed by atoms with Crippen molar-refractivity contribution in [1.29, 1.82) is 0 Å². The van der Waals surface area contributed by atoms with Gasteiger partial charge in [0.25, 0.3) is 0 Å². The van der Waals surface area contributed by atoms with Crippen molar-refractivity contribution in [3.8, 4) is 0 Å². The molecule has 2 aromatic rings. The zero-order chi connectivity index (χ0) is 27.4. The van der Waals surface area contributed by atoms with E-state index < -0.39 is 30.3 Å². The number of hydrogen-bond donors (Lipinski definition) is 3. The lowest BCUT2D eigenvalue weighted by Crippen LogP contribution is -2.55.